The maximum atomic E-state index is 6.41. The first-order valence-corrected chi connectivity index (χ1v) is 8.23. The van der Waals surface area contributed by atoms with Gasteiger partial charge in [0.1, 0.15) is 5.15 Å². The van der Waals surface area contributed by atoms with Crippen LogP contribution in [-0.4, -0.2) is 41.4 Å². The highest BCUT2D eigenvalue weighted by molar-refractivity contribution is 7.80. The quantitative estimate of drug-likeness (QED) is 0.341. The molecule has 2 rings (SSSR count). The number of benzene rings is 1. The minimum atomic E-state index is 0.425. The standard InChI is InChI=1S/C16H20ClN5OS/c1-12-14(10-19-20-16(24)18-8-9-23-2)15(17)22(21-12)11-13-6-4-3-5-7-13/h3-7,10H,8-9,11H2,1-2H3,(H2,18,20,24). The summed E-state index contributed by atoms with van der Waals surface area (Å²) in [6, 6.07) is 10.0. The van der Waals surface area contributed by atoms with E-state index in [4.69, 9.17) is 28.6 Å². The van der Waals surface area contributed by atoms with Crippen molar-refractivity contribution in [3.63, 3.8) is 0 Å². The van der Waals surface area contributed by atoms with Crippen molar-refractivity contribution in [2.45, 2.75) is 13.5 Å². The summed E-state index contributed by atoms with van der Waals surface area (Å²) in [6.07, 6.45) is 1.62. The van der Waals surface area contributed by atoms with Crippen molar-refractivity contribution in [3.8, 4) is 0 Å². The molecule has 1 heterocycles. The van der Waals surface area contributed by atoms with Crippen LogP contribution < -0.4 is 10.7 Å². The summed E-state index contributed by atoms with van der Waals surface area (Å²) in [7, 11) is 1.63. The van der Waals surface area contributed by atoms with Crippen molar-refractivity contribution in [3.05, 3.63) is 52.3 Å². The molecule has 0 radical (unpaired) electrons. The lowest BCUT2D eigenvalue weighted by molar-refractivity contribution is 0.204. The highest BCUT2D eigenvalue weighted by Crippen LogP contribution is 2.19. The van der Waals surface area contributed by atoms with Gasteiger partial charge in [-0.3, -0.25) is 5.43 Å². The number of thiocarbonyl (C=S) groups is 1. The number of hydrogen-bond donors (Lipinski definition) is 2. The van der Waals surface area contributed by atoms with Crippen LogP contribution in [0.25, 0.3) is 0 Å². The van der Waals surface area contributed by atoms with Crippen LogP contribution in [0, 0.1) is 6.92 Å². The lowest BCUT2D eigenvalue weighted by Gasteiger charge is -2.05. The number of nitrogens with zero attached hydrogens (tertiary/aromatic N) is 3. The molecule has 128 valence electrons. The van der Waals surface area contributed by atoms with Crippen LogP contribution in [0.2, 0.25) is 5.15 Å². The van der Waals surface area contributed by atoms with E-state index in [0.717, 1.165) is 16.8 Å². The normalized spacial score (nSPS) is 11.0. The topological polar surface area (TPSA) is 63.5 Å². The average Bonchev–Trinajstić information content (AvgIpc) is 2.83. The number of ether oxygens (including phenoxy) is 1. The van der Waals surface area contributed by atoms with Gasteiger partial charge in [0.2, 0.25) is 0 Å². The highest BCUT2D eigenvalue weighted by atomic mass is 35.5. The summed E-state index contributed by atoms with van der Waals surface area (Å²) in [4.78, 5) is 0. The Morgan fingerprint density at radius 3 is 2.88 bits per heavy atom. The van der Waals surface area contributed by atoms with Crippen molar-refractivity contribution in [1.82, 2.24) is 20.5 Å². The fourth-order valence-corrected chi connectivity index (χ4v) is 2.47. The smallest absolute Gasteiger partial charge is 0.187 e. The van der Waals surface area contributed by atoms with Crippen molar-refractivity contribution >= 4 is 35.1 Å². The molecule has 0 aliphatic rings. The summed E-state index contributed by atoms with van der Waals surface area (Å²) < 4.78 is 6.68. The fourth-order valence-electron chi connectivity index (χ4n) is 2.04. The van der Waals surface area contributed by atoms with Gasteiger partial charge in [-0.25, -0.2) is 4.68 Å². The first-order chi connectivity index (χ1) is 11.6. The van der Waals surface area contributed by atoms with E-state index in [0.29, 0.717) is 30.0 Å². The molecular formula is C16H20ClN5OS. The van der Waals surface area contributed by atoms with Gasteiger partial charge in [0.25, 0.3) is 0 Å². The van der Waals surface area contributed by atoms with E-state index >= 15 is 0 Å². The van der Waals surface area contributed by atoms with Gasteiger partial charge in [-0.1, -0.05) is 41.9 Å². The third-order valence-corrected chi connectivity index (χ3v) is 3.87. The zero-order chi connectivity index (χ0) is 17.4. The van der Waals surface area contributed by atoms with Crippen molar-refractivity contribution < 1.29 is 4.74 Å². The van der Waals surface area contributed by atoms with Gasteiger partial charge in [0.15, 0.2) is 5.11 Å². The molecule has 2 aromatic rings. The van der Waals surface area contributed by atoms with Gasteiger partial charge in [-0.2, -0.15) is 10.2 Å². The highest BCUT2D eigenvalue weighted by Gasteiger charge is 2.11. The van der Waals surface area contributed by atoms with Crippen LogP contribution in [0.4, 0.5) is 0 Å². The van der Waals surface area contributed by atoms with Crippen LogP contribution in [0.5, 0.6) is 0 Å². The van der Waals surface area contributed by atoms with E-state index in [1.54, 1.807) is 18.0 Å². The second-order valence-corrected chi connectivity index (χ2v) is 5.82. The Labute approximate surface area is 151 Å². The Balaban J connectivity index is 1.98. The van der Waals surface area contributed by atoms with Gasteiger partial charge in [0.05, 0.1) is 30.6 Å². The predicted molar refractivity (Wildman–Crippen MR) is 101 cm³/mol. The van der Waals surface area contributed by atoms with Crippen molar-refractivity contribution in [1.29, 1.82) is 0 Å². The van der Waals surface area contributed by atoms with Gasteiger partial charge < -0.3 is 10.1 Å². The van der Waals surface area contributed by atoms with Crippen LogP contribution >= 0.6 is 23.8 Å². The average molecular weight is 366 g/mol. The second-order valence-electron chi connectivity index (χ2n) is 5.05. The molecule has 0 aliphatic heterocycles. The summed E-state index contributed by atoms with van der Waals surface area (Å²) in [6.45, 7) is 3.69. The molecule has 0 aliphatic carbocycles. The van der Waals surface area contributed by atoms with Crippen molar-refractivity contribution in [2.75, 3.05) is 20.3 Å². The van der Waals surface area contributed by atoms with E-state index in [-0.39, 0.29) is 0 Å². The van der Waals surface area contributed by atoms with Gasteiger partial charge >= 0.3 is 0 Å². The number of nitrogens with one attached hydrogen (secondary N) is 2. The minimum Gasteiger partial charge on any atom is -0.383 e. The first-order valence-electron chi connectivity index (χ1n) is 7.44. The second kappa shape index (κ2) is 9.36. The van der Waals surface area contributed by atoms with E-state index in [1.807, 2.05) is 37.3 Å². The van der Waals surface area contributed by atoms with Crippen LogP contribution in [0.1, 0.15) is 16.8 Å². The summed E-state index contributed by atoms with van der Waals surface area (Å²) in [5.41, 5.74) is 5.44. The minimum absolute atomic E-state index is 0.425. The maximum absolute atomic E-state index is 6.41. The number of aryl methyl sites for hydroxylation is 1. The molecule has 1 aromatic heterocycles. The maximum Gasteiger partial charge on any atom is 0.187 e. The molecule has 2 N–H and O–H groups in total. The zero-order valence-corrected chi connectivity index (χ0v) is 15.2. The monoisotopic (exact) mass is 365 g/mol. The number of halogens is 1. The predicted octanol–water partition coefficient (Wildman–Crippen LogP) is 2.34. The molecule has 0 saturated heterocycles. The Morgan fingerprint density at radius 2 is 2.17 bits per heavy atom. The lowest BCUT2D eigenvalue weighted by atomic mass is 10.2. The SMILES string of the molecule is COCCNC(=S)NN=Cc1c(C)nn(Cc2ccccc2)c1Cl. The van der Waals surface area contributed by atoms with Crippen LogP contribution in [0.3, 0.4) is 0 Å². The van der Waals surface area contributed by atoms with Crippen LogP contribution in [0.15, 0.2) is 35.4 Å². The van der Waals surface area contributed by atoms with Gasteiger partial charge in [-0.15, -0.1) is 0 Å². The third-order valence-electron chi connectivity index (χ3n) is 3.24. The Morgan fingerprint density at radius 1 is 1.42 bits per heavy atom. The molecule has 24 heavy (non-hydrogen) atoms. The third kappa shape index (κ3) is 5.30. The molecule has 0 atom stereocenters. The largest absolute Gasteiger partial charge is 0.383 e. The van der Waals surface area contributed by atoms with Crippen LogP contribution in [-0.2, 0) is 11.3 Å². The number of aromatic nitrogens is 2. The van der Waals surface area contributed by atoms with Gasteiger partial charge in [0, 0.05) is 13.7 Å². The fraction of sp³-hybridized carbons (Fsp3) is 0.312. The van der Waals surface area contributed by atoms with E-state index < -0.39 is 0 Å². The summed E-state index contributed by atoms with van der Waals surface area (Å²) >= 11 is 11.5. The number of rotatable bonds is 7. The molecule has 0 amide bonds. The molecule has 1 aromatic carbocycles. The Bertz CT molecular complexity index is 702. The van der Waals surface area contributed by atoms with E-state index in [2.05, 4.69) is 20.9 Å². The summed E-state index contributed by atoms with van der Waals surface area (Å²) in [5.74, 6) is 0. The summed E-state index contributed by atoms with van der Waals surface area (Å²) in [5, 5.41) is 12.5. The van der Waals surface area contributed by atoms with Gasteiger partial charge in [-0.05, 0) is 24.7 Å². The molecule has 0 bridgehead atoms. The lowest BCUT2D eigenvalue weighted by Crippen LogP contribution is -2.34. The number of hydrogen-bond acceptors (Lipinski definition) is 4. The molecule has 0 fully saturated rings. The Kier molecular flexibility index (Phi) is 7.17. The molecule has 0 spiro atoms. The number of methoxy groups -OCH3 is 1. The van der Waals surface area contributed by atoms with E-state index in [1.165, 1.54) is 0 Å². The molecule has 8 heteroatoms. The van der Waals surface area contributed by atoms with E-state index in [9.17, 15) is 0 Å². The first kappa shape index (κ1) is 18.4. The molecular weight excluding hydrogens is 346 g/mol. The zero-order valence-electron chi connectivity index (χ0n) is 13.6. The number of hydrazone groups is 1. The molecule has 0 saturated carbocycles. The molecule has 6 nitrogen and oxygen atoms in total. The van der Waals surface area contributed by atoms with Crippen molar-refractivity contribution in [2.24, 2.45) is 5.10 Å². The Hall–Kier alpha value is -1.96. The molecule has 0 unspecified atom stereocenters.